The molecule has 1 heterocycles. The second-order valence-corrected chi connectivity index (χ2v) is 8.94. The second-order valence-electron chi connectivity index (χ2n) is 4.48. The van der Waals surface area contributed by atoms with Crippen LogP contribution < -0.4 is 0 Å². The molecule has 0 unspecified atom stereocenters. The summed E-state index contributed by atoms with van der Waals surface area (Å²) in [6.45, 7) is 1.47. The van der Waals surface area contributed by atoms with Crippen molar-refractivity contribution in [2.75, 3.05) is 11.5 Å². The molecule has 0 aromatic heterocycles. The third-order valence-corrected chi connectivity index (χ3v) is 7.26. The van der Waals surface area contributed by atoms with Crippen molar-refractivity contribution in [2.45, 2.75) is 23.5 Å². The third-order valence-electron chi connectivity index (χ3n) is 3.09. The van der Waals surface area contributed by atoms with E-state index in [4.69, 9.17) is 0 Å². The predicted octanol–water partition coefficient (Wildman–Crippen LogP) is 1.09. The number of sulfone groups is 2. The molecule has 1 aromatic rings. The van der Waals surface area contributed by atoms with Gasteiger partial charge in [0.05, 0.1) is 21.7 Å². The molecule has 7 heteroatoms. The van der Waals surface area contributed by atoms with E-state index >= 15 is 0 Å². The molecule has 0 aliphatic carbocycles. The maximum Gasteiger partial charge on any atom is 0.182 e. The van der Waals surface area contributed by atoms with Gasteiger partial charge in [-0.15, -0.1) is 0 Å². The normalized spacial score (nSPS) is 23.1. The lowest BCUT2D eigenvalue weighted by atomic mass is 10.2. The van der Waals surface area contributed by atoms with Crippen molar-refractivity contribution in [2.24, 2.45) is 0 Å². The maximum atomic E-state index is 13.1. The number of hydrogen-bond acceptors (Lipinski definition) is 4. The van der Waals surface area contributed by atoms with E-state index in [9.17, 15) is 21.2 Å². The van der Waals surface area contributed by atoms with E-state index in [0.29, 0.717) is 0 Å². The SMILES string of the molecule is Cc1cc(S(=O)(=O)[C@@H]2CCS(=O)(=O)C2)ccc1F. The molecule has 0 spiro atoms. The molecule has 1 aliphatic rings. The first kappa shape index (κ1) is 13.5. The van der Waals surface area contributed by atoms with Gasteiger partial charge in [-0.1, -0.05) is 0 Å². The van der Waals surface area contributed by atoms with Crippen molar-refractivity contribution in [3.05, 3.63) is 29.6 Å². The van der Waals surface area contributed by atoms with Crippen molar-refractivity contribution >= 4 is 19.7 Å². The monoisotopic (exact) mass is 292 g/mol. The number of rotatable bonds is 2. The molecule has 0 saturated carbocycles. The van der Waals surface area contributed by atoms with Gasteiger partial charge in [-0.2, -0.15) is 0 Å². The first-order chi connectivity index (χ1) is 8.22. The summed E-state index contributed by atoms with van der Waals surface area (Å²) in [4.78, 5) is -0.0106. The number of benzene rings is 1. The summed E-state index contributed by atoms with van der Waals surface area (Å²) in [6, 6.07) is 3.52. The highest BCUT2D eigenvalue weighted by Crippen LogP contribution is 2.26. The fraction of sp³-hybridized carbons (Fsp3) is 0.455. The van der Waals surface area contributed by atoms with Gasteiger partial charge in [-0.3, -0.25) is 0 Å². The summed E-state index contributed by atoms with van der Waals surface area (Å²) in [5.74, 6) is -0.920. The summed E-state index contributed by atoms with van der Waals surface area (Å²) >= 11 is 0. The highest BCUT2D eigenvalue weighted by atomic mass is 32.2. The van der Waals surface area contributed by atoms with Crippen LogP contribution in [0.1, 0.15) is 12.0 Å². The molecule has 18 heavy (non-hydrogen) atoms. The molecule has 4 nitrogen and oxygen atoms in total. The predicted molar refractivity (Wildman–Crippen MR) is 65.4 cm³/mol. The summed E-state index contributed by atoms with van der Waals surface area (Å²) < 4.78 is 60.1. The Balaban J connectivity index is 2.40. The van der Waals surface area contributed by atoms with Crippen LogP contribution in [-0.4, -0.2) is 33.6 Å². The van der Waals surface area contributed by atoms with Gasteiger partial charge in [0.1, 0.15) is 5.82 Å². The Morgan fingerprint density at radius 3 is 2.50 bits per heavy atom. The Morgan fingerprint density at radius 2 is 2.00 bits per heavy atom. The molecule has 1 atom stereocenters. The molecular weight excluding hydrogens is 279 g/mol. The van der Waals surface area contributed by atoms with Gasteiger partial charge in [0.2, 0.25) is 0 Å². The van der Waals surface area contributed by atoms with Crippen LogP contribution in [0.4, 0.5) is 4.39 Å². The van der Waals surface area contributed by atoms with Gasteiger partial charge >= 0.3 is 0 Å². The Hall–Kier alpha value is -0.950. The van der Waals surface area contributed by atoms with E-state index in [1.54, 1.807) is 0 Å². The van der Waals surface area contributed by atoms with Crippen LogP contribution in [0.25, 0.3) is 0 Å². The molecule has 0 bridgehead atoms. The molecule has 1 aromatic carbocycles. The highest BCUT2D eigenvalue weighted by Gasteiger charge is 2.38. The van der Waals surface area contributed by atoms with Crippen LogP contribution >= 0.6 is 0 Å². The van der Waals surface area contributed by atoms with E-state index in [2.05, 4.69) is 0 Å². The third kappa shape index (κ3) is 2.42. The standard InChI is InChI=1S/C11H13FO4S2/c1-8-6-9(2-3-11(8)12)18(15,16)10-4-5-17(13,14)7-10/h2-3,6,10H,4-5,7H2,1H3/t10-/m1/s1. The lowest BCUT2D eigenvalue weighted by Crippen LogP contribution is -2.22. The zero-order valence-electron chi connectivity index (χ0n) is 9.76. The molecule has 0 radical (unpaired) electrons. The molecule has 1 saturated heterocycles. The van der Waals surface area contributed by atoms with Crippen LogP contribution in [0.5, 0.6) is 0 Å². The van der Waals surface area contributed by atoms with Crippen molar-refractivity contribution in [1.29, 1.82) is 0 Å². The molecule has 2 rings (SSSR count). The zero-order valence-corrected chi connectivity index (χ0v) is 11.4. The number of hydrogen-bond donors (Lipinski definition) is 0. The zero-order chi connectivity index (χ0) is 13.6. The Morgan fingerprint density at radius 1 is 1.33 bits per heavy atom. The lowest BCUT2D eigenvalue weighted by molar-refractivity contribution is 0.580. The molecule has 1 aliphatic heterocycles. The van der Waals surface area contributed by atoms with Gasteiger partial charge in [0.15, 0.2) is 19.7 Å². The molecule has 1 fully saturated rings. The molecule has 0 amide bonds. The summed E-state index contributed by atoms with van der Waals surface area (Å²) in [7, 11) is -6.95. The molecule has 100 valence electrons. The highest BCUT2D eigenvalue weighted by molar-refractivity contribution is 7.96. The Kier molecular flexibility index (Phi) is 3.23. The van der Waals surface area contributed by atoms with Gasteiger partial charge < -0.3 is 0 Å². The van der Waals surface area contributed by atoms with E-state index in [1.807, 2.05) is 0 Å². The van der Waals surface area contributed by atoms with Crippen molar-refractivity contribution in [3.63, 3.8) is 0 Å². The van der Waals surface area contributed by atoms with Crippen LogP contribution in [0.2, 0.25) is 0 Å². The van der Waals surface area contributed by atoms with E-state index in [1.165, 1.54) is 19.1 Å². The largest absolute Gasteiger partial charge is 0.229 e. The summed E-state index contributed by atoms with van der Waals surface area (Å²) in [6.07, 6.45) is 0.112. The minimum Gasteiger partial charge on any atom is -0.229 e. The smallest absolute Gasteiger partial charge is 0.182 e. The van der Waals surface area contributed by atoms with Gasteiger partial charge in [0.25, 0.3) is 0 Å². The van der Waals surface area contributed by atoms with Crippen molar-refractivity contribution in [3.8, 4) is 0 Å². The van der Waals surface area contributed by atoms with Gasteiger partial charge in [0, 0.05) is 0 Å². The fourth-order valence-electron chi connectivity index (χ4n) is 1.99. The quantitative estimate of drug-likeness (QED) is 0.765. The first-order valence-electron chi connectivity index (χ1n) is 5.43. The molecule has 0 N–H and O–H groups in total. The van der Waals surface area contributed by atoms with Crippen LogP contribution in [0, 0.1) is 12.7 Å². The fourth-order valence-corrected chi connectivity index (χ4v) is 6.44. The van der Waals surface area contributed by atoms with Gasteiger partial charge in [-0.05, 0) is 37.1 Å². The van der Waals surface area contributed by atoms with Crippen molar-refractivity contribution in [1.82, 2.24) is 0 Å². The second kappa shape index (κ2) is 4.31. The Bertz CT molecular complexity index is 677. The minimum absolute atomic E-state index is 0.0106. The van der Waals surface area contributed by atoms with Crippen LogP contribution in [0.15, 0.2) is 23.1 Å². The van der Waals surface area contributed by atoms with E-state index < -0.39 is 30.7 Å². The topological polar surface area (TPSA) is 68.3 Å². The average molecular weight is 292 g/mol. The van der Waals surface area contributed by atoms with Crippen LogP contribution in [-0.2, 0) is 19.7 Å². The van der Waals surface area contributed by atoms with E-state index in [-0.39, 0.29) is 28.4 Å². The minimum atomic E-state index is -3.69. The number of halogens is 1. The van der Waals surface area contributed by atoms with Gasteiger partial charge in [-0.25, -0.2) is 21.2 Å². The van der Waals surface area contributed by atoms with Crippen molar-refractivity contribution < 1.29 is 21.2 Å². The Labute approximate surface area is 106 Å². The lowest BCUT2D eigenvalue weighted by Gasteiger charge is -2.10. The average Bonchev–Trinajstić information content (AvgIpc) is 2.63. The number of aryl methyl sites for hydroxylation is 1. The summed E-state index contributed by atoms with van der Waals surface area (Å²) in [5, 5.41) is -0.910. The first-order valence-corrected chi connectivity index (χ1v) is 8.80. The molecular formula is C11H13FO4S2. The van der Waals surface area contributed by atoms with E-state index in [0.717, 1.165) is 6.07 Å². The summed E-state index contributed by atoms with van der Waals surface area (Å²) in [5.41, 5.74) is 0.233. The maximum absolute atomic E-state index is 13.1. The van der Waals surface area contributed by atoms with Crippen LogP contribution in [0.3, 0.4) is 0 Å².